The van der Waals surface area contributed by atoms with Crippen LogP contribution in [0.5, 0.6) is 5.75 Å². The summed E-state index contributed by atoms with van der Waals surface area (Å²) in [5, 5.41) is 0.377. The van der Waals surface area contributed by atoms with Gasteiger partial charge in [0, 0.05) is 11.0 Å². The van der Waals surface area contributed by atoms with Gasteiger partial charge in [-0.1, -0.05) is 43.0 Å². The molecular weight excluding hydrogens is 438 g/mol. The van der Waals surface area contributed by atoms with Gasteiger partial charge in [0.2, 0.25) is 0 Å². The molecule has 1 fully saturated rings. The number of Topliss-reactive ketones (excluding diaryl/α,β-unsaturated/α-hetero) is 1. The first kappa shape index (κ1) is 26.2. The molecule has 3 N–H and O–H groups in total. The Morgan fingerprint density at radius 3 is 2.43 bits per heavy atom. The average molecular weight is 463 g/mol. The van der Waals surface area contributed by atoms with Gasteiger partial charge in [-0.2, -0.15) is 8.42 Å². The van der Waals surface area contributed by atoms with E-state index in [0.29, 0.717) is 23.7 Å². The molecule has 0 heterocycles. The van der Waals surface area contributed by atoms with E-state index in [0.717, 1.165) is 31.2 Å². The summed E-state index contributed by atoms with van der Waals surface area (Å²) in [6.45, 7) is 2.09. The minimum atomic E-state index is -4.02. The molecule has 0 spiro atoms. The molecule has 0 radical (unpaired) electrons. The number of ketones is 1. The van der Waals surface area contributed by atoms with Crippen molar-refractivity contribution >= 4 is 68.7 Å². The number of hydrogen-bond donors (Lipinski definition) is 1. The Morgan fingerprint density at radius 2 is 1.86 bits per heavy atom. The predicted molar refractivity (Wildman–Crippen MR) is 112 cm³/mol. The van der Waals surface area contributed by atoms with Gasteiger partial charge in [-0.3, -0.25) is 9.35 Å². The van der Waals surface area contributed by atoms with E-state index in [1.807, 2.05) is 6.92 Å². The number of hydrogen-bond acceptors (Lipinski definition) is 4. The Morgan fingerprint density at radius 1 is 1.25 bits per heavy atom. The number of halogens is 2. The van der Waals surface area contributed by atoms with Crippen LogP contribution in [-0.2, 0) is 16.5 Å². The summed E-state index contributed by atoms with van der Waals surface area (Å²) in [5.41, 5.74) is 0.884. The fourth-order valence-electron chi connectivity index (χ4n) is 4.22. The molecule has 2 aliphatic carbocycles. The second-order valence-corrected chi connectivity index (χ2v) is 9.76. The van der Waals surface area contributed by atoms with Crippen molar-refractivity contribution in [2.45, 2.75) is 45.4 Å². The average Bonchev–Trinajstić information content (AvgIpc) is 3.16. The van der Waals surface area contributed by atoms with Crippen LogP contribution in [0.4, 0.5) is 0 Å². The summed E-state index contributed by atoms with van der Waals surface area (Å²) < 4.78 is 35.9. The van der Waals surface area contributed by atoms with Crippen molar-refractivity contribution in [1.29, 1.82) is 0 Å². The van der Waals surface area contributed by atoms with E-state index in [1.54, 1.807) is 6.07 Å². The molecule has 1 atom stereocenters. The summed E-state index contributed by atoms with van der Waals surface area (Å²) in [6, 6.07) is 1.75. The summed E-state index contributed by atoms with van der Waals surface area (Å²) in [4.78, 5) is 13.1. The van der Waals surface area contributed by atoms with Crippen molar-refractivity contribution in [3.63, 3.8) is 0 Å². The van der Waals surface area contributed by atoms with E-state index in [9.17, 15) is 13.2 Å². The molecule has 1 aromatic rings. The van der Waals surface area contributed by atoms with E-state index < -0.39 is 15.5 Å². The van der Waals surface area contributed by atoms with Gasteiger partial charge in [0.25, 0.3) is 10.1 Å². The molecule has 2 aliphatic rings. The second kappa shape index (κ2) is 9.96. The van der Waals surface area contributed by atoms with Crippen LogP contribution < -0.4 is 4.74 Å². The molecule has 0 aromatic heterocycles. The maximum atomic E-state index is 13.1. The molecule has 10 heteroatoms. The van der Waals surface area contributed by atoms with E-state index >= 15 is 0 Å². The van der Waals surface area contributed by atoms with Gasteiger partial charge in [-0.05, 0) is 43.2 Å². The van der Waals surface area contributed by atoms with Crippen LogP contribution in [-0.4, -0.2) is 66.1 Å². The Hall–Kier alpha value is 0.140. The molecular formula is C18H25Cl2NaO6S. The Balaban J connectivity index is 0.00000196. The van der Waals surface area contributed by atoms with Crippen molar-refractivity contribution in [3.05, 3.63) is 27.2 Å². The third-order valence-corrected chi connectivity index (χ3v) is 7.27. The van der Waals surface area contributed by atoms with Crippen molar-refractivity contribution in [1.82, 2.24) is 0 Å². The van der Waals surface area contributed by atoms with Gasteiger partial charge in [0.05, 0.1) is 17.4 Å². The number of carbonyl (C=O) groups is 1. The Kier molecular flexibility index (Phi) is 9.32. The second-order valence-electron chi connectivity index (χ2n) is 7.43. The van der Waals surface area contributed by atoms with E-state index in [4.69, 9.17) is 32.5 Å². The first-order valence-electron chi connectivity index (χ1n) is 8.77. The predicted octanol–water partition coefficient (Wildman–Crippen LogP) is 3.11. The van der Waals surface area contributed by atoms with Crippen LogP contribution in [0.25, 0.3) is 0 Å². The zero-order valence-electron chi connectivity index (χ0n) is 15.1. The molecule has 1 unspecified atom stereocenters. The zero-order chi connectivity index (χ0) is 19.1. The summed E-state index contributed by atoms with van der Waals surface area (Å²) in [7, 11) is -4.02. The maximum absolute atomic E-state index is 13.1. The molecule has 28 heavy (non-hydrogen) atoms. The van der Waals surface area contributed by atoms with Crippen molar-refractivity contribution in [2.24, 2.45) is 11.3 Å². The molecule has 0 bridgehead atoms. The van der Waals surface area contributed by atoms with Gasteiger partial charge >= 0.3 is 29.6 Å². The first-order chi connectivity index (χ1) is 12.1. The molecule has 1 aromatic carbocycles. The molecule has 1 saturated carbocycles. The number of carbonyl (C=O) groups excluding carboxylic acids is 1. The van der Waals surface area contributed by atoms with E-state index in [1.165, 1.54) is 0 Å². The fourth-order valence-corrected chi connectivity index (χ4v) is 5.21. The van der Waals surface area contributed by atoms with Crippen molar-refractivity contribution < 1.29 is 28.0 Å². The molecule has 0 saturated heterocycles. The number of fused-ring (bicyclic) bond motifs is 1. The number of benzene rings is 1. The fraction of sp³-hybridized carbons (Fsp3) is 0.611. The van der Waals surface area contributed by atoms with Crippen molar-refractivity contribution in [2.75, 3.05) is 12.4 Å². The first-order valence-corrected chi connectivity index (χ1v) is 11.1. The van der Waals surface area contributed by atoms with Crippen LogP contribution >= 0.6 is 23.2 Å². The summed E-state index contributed by atoms with van der Waals surface area (Å²) in [6.07, 6.45) is 5.16. The monoisotopic (exact) mass is 462 g/mol. The molecule has 0 amide bonds. The topological polar surface area (TPSA) is 112 Å². The van der Waals surface area contributed by atoms with Crippen molar-refractivity contribution in [3.8, 4) is 5.75 Å². The van der Waals surface area contributed by atoms with Gasteiger partial charge in [0.15, 0.2) is 5.78 Å². The van der Waals surface area contributed by atoms with Gasteiger partial charge in [0.1, 0.15) is 10.8 Å². The van der Waals surface area contributed by atoms with Gasteiger partial charge in [-0.25, -0.2) is 0 Å². The minimum absolute atomic E-state index is 0. The van der Waals surface area contributed by atoms with Crippen LogP contribution in [0.1, 0.15) is 54.9 Å². The normalized spacial score (nSPS) is 21.8. The molecule has 154 valence electrons. The number of ether oxygens (including phenoxy) is 1. The summed E-state index contributed by atoms with van der Waals surface area (Å²) >= 11 is 12.7. The zero-order valence-corrected chi connectivity index (χ0v) is 17.4. The van der Waals surface area contributed by atoms with Gasteiger partial charge in [-0.15, -0.1) is 0 Å². The Bertz CT molecular complexity index is 839. The van der Waals surface area contributed by atoms with Gasteiger partial charge < -0.3 is 10.2 Å². The molecule has 0 aliphatic heterocycles. The quantitative estimate of drug-likeness (QED) is 0.396. The molecule has 3 rings (SSSR count). The Labute approximate surface area is 197 Å². The van der Waals surface area contributed by atoms with Crippen LogP contribution in [0.3, 0.4) is 0 Å². The van der Waals surface area contributed by atoms with Crippen LogP contribution in [0.15, 0.2) is 6.07 Å². The third-order valence-electron chi connectivity index (χ3n) is 5.62. The SMILES string of the molecule is CC1(C2CCCC2)Cc2cc(OCCCS(=O)(=O)O)c(Cl)c(Cl)c2C1=O.O.[NaH]. The third kappa shape index (κ3) is 5.24. The standard InChI is InChI=1S/C18H22Cl2O5S.Na.H2O.H/c1-18(12-5-2-3-6-12)10-11-9-13(25-7-4-8-26(22,23)24)15(19)16(20)14(11)17(18)21;;;/h9,12H,2-8,10H2,1H3,(H,22,23,24);;1H2;. The number of rotatable bonds is 6. The van der Waals surface area contributed by atoms with Crippen LogP contribution in [0.2, 0.25) is 10.0 Å². The van der Waals surface area contributed by atoms with E-state index in [-0.39, 0.29) is 69.6 Å². The molecule has 6 nitrogen and oxygen atoms in total. The summed E-state index contributed by atoms with van der Waals surface area (Å²) in [5.74, 6) is 0.372. The van der Waals surface area contributed by atoms with E-state index in [2.05, 4.69) is 0 Å². The van der Waals surface area contributed by atoms with Crippen LogP contribution in [0, 0.1) is 11.3 Å².